The summed E-state index contributed by atoms with van der Waals surface area (Å²) in [5.74, 6) is -1.52. The van der Waals surface area contributed by atoms with Gasteiger partial charge in [0.15, 0.2) is 0 Å². The van der Waals surface area contributed by atoms with Crippen molar-refractivity contribution in [3.63, 3.8) is 0 Å². The van der Waals surface area contributed by atoms with E-state index in [1.807, 2.05) is 32.0 Å². The zero-order valence-electron chi connectivity index (χ0n) is 11.8. The Hall–Kier alpha value is -2.70. The quantitative estimate of drug-likeness (QED) is 0.847. The monoisotopic (exact) mass is 288 g/mol. The molecule has 0 aliphatic rings. The number of carbonyl (C=O) groups excluding carboxylic acids is 1. The molecule has 2 rings (SSSR count). The minimum absolute atomic E-state index is 0.0198. The first-order chi connectivity index (χ1) is 9.99. The van der Waals surface area contributed by atoms with E-state index in [1.54, 1.807) is 0 Å². The van der Waals surface area contributed by atoms with Crippen molar-refractivity contribution >= 4 is 11.9 Å². The maximum absolute atomic E-state index is 12.3. The fourth-order valence-electron chi connectivity index (χ4n) is 2.10. The van der Waals surface area contributed by atoms with Gasteiger partial charge in [0, 0.05) is 5.56 Å². The highest BCUT2D eigenvalue weighted by atomic mass is 16.4. The lowest BCUT2D eigenvalue weighted by Crippen LogP contribution is -2.44. The van der Waals surface area contributed by atoms with E-state index in [-0.39, 0.29) is 6.54 Å². The minimum atomic E-state index is -1.12. The van der Waals surface area contributed by atoms with Gasteiger partial charge in [-0.25, -0.2) is 9.78 Å². The summed E-state index contributed by atoms with van der Waals surface area (Å²) in [6.07, 6.45) is 2.72. The predicted molar refractivity (Wildman–Crippen MR) is 74.8 cm³/mol. The highest BCUT2D eigenvalue weighted by Gasteiger charge is 2.23. The van der Waals surface area contributed by atoms with E-state index in [9.17, 15) is 14.7 Å². The van der Waals surface area contributed by atoms with Crippen LogP contribution in [0.3, 0.4) is 0 Å². The summed E-state index contributed by atoms with van der Waals surface area (Å²) in [6.45, 7) is 3.65. The van der Waals surface area contributed by atoms with E-state index in [0.717, 1.165) is 11.1 Å². The molecule has 1 amide bonds. The van der Waals surface area contributed by atoms with Crippen molar-refractivity contribution in [2.45, 2.75) is 26.4 Å². The molecule has 0 aliphatic heterocycles. The summed E-state index contributed by atoms with van der Waals surface area (Å²) in [4.78, 5) is 27.3. The number of benzene rings is 1. The molecule has 0 bridgehead atoms. The van der Waals surface area contributed by atoms with E-state index in [2.05, 4.69) is 15.4 Å². The number of hydrogen-bond acceptors (Lipinski definition) is 4. The van der Waals surface area contributed by atoms with Gasteiger partial charge < -0.3 is 10.4 Å². The van der Waals surface area contributed by atoms with Crippen LogP contribution in [0, 0.1) is 13.8 Å². The number of carbonyl (C=O) groups is 2. The van der Waals surface area contributed by atoms with Crippen molar-refractivity contribution in [2.24, 2.45) is 0 Å². The largest absolute Gasteiger partial charge is 0.480 e. The van der Waals surface area contributed by atoms with Gasteiger partial charge in [0.2, 0.25) is 0 Å². The molecule has 1 atom stereocenters. The highest BCUT2D eigenvalue weighted by Crippen LogP contribution is 2.13. The molecule has 7 heteroatoms. The van der Waals surface area contributed by atoms with Crippen LogP contribution < -0.4 is 5.32 Å². The number of aliphatic carboxylic acids is 1. The zero-order chi connectivity index (χ0) is 15.4. The molecule has 1 unspecified atom stereocenters. The van der Waals surface area contributed by atoms with Crippen molar-refractivity contribution in [3.05, 3.63) is 47.5 Å². The Kier molecular flexibility index (Phi) is 4.32. The zero-order valence-corrected chi connectivity index (χ0v) is 11.8. The number of nitrogens with zero attached hydrogens (tertiary/aromatic N) is 3. The average molecular weight is 288 g/mol. The van der Waals surface area contributed by atoms with E-state index >= 15 is 0 Å². The van der Waals surface area contributed by atoms with Gasteiger partial charge in [-0.3, -0.25) is 9.48 Å². The van der Waals surface area contributed by atoms with Crippen LogP contribution in [0.1, 0.15) is 21.5 Å². The topological polar surface area (TPSA) is 97.1 Å². The SMILES string of the molecule is Cc1cccc(C)c1C(=O)NC(Cn1cncn1)C(=O)O. The van der Waals surface area contributed by atoms with Crippen LogP contribution in [0.25, 0.3) is 0 Å². The minimum Gasteiger partial charge on any atom is -0.480 e. The van der Waals surface area contributed by atoms with Crippen molar-refractivity contribution < 1.29 is 14.7 Å². The Bertz CT molecular complexity index is 632. The molecule has 0 saturated heterocycles. The van der Waals surface area contributed by atoms with Gasteiger partial charge in [-0.05, 0) is 25.0 Å². The molecule has 2 N–H and O–H groups in total. The number of aromatic nitrogens is 3. The molecule has 0 aliphatic carbocycles. The molecule has 1 aromatic carbocycles. The smallest absolute Gasteiger partial charge is 0.328 e. The van der Waals surface area contributed by atoms with E-state index in [1.165, 1.54) is 17.3 Å². The van der Waals surface area contributed by atoms with Gasteiger partial charge in [0.25, 0.3) is 5.91 Å². The fourth-order valence-corrected chi connectivity index (χ4v) is 2.10. The number of nitrogens with one attached hydrogen (secondary N) is 1. The third kappa shape index (κ3) is 3.44. The third-order valence-corrected chi connectivity index (χ3v) is 3.15. The second-order valence-corrected chi connectivity index (χ2v) is 4.75. The van der Waals surface area contributed by atoms with Crippen LogP contribution in [-0.2, 0) is 11.3 Å². The molecule has 0 spiro atoms. The van der Waals surface area contributed by atoms with Crippen LogP contribution in [0.5, 0.6) is 0 Å². The molecule has 7 nitrogen and oxygen atoms in total. The summed E-state index contributed by atoms with van der Waals surface area (Å²) >= 11 is 0. The number of carboxylic acid groups (broad SMARTS) is 1. The molecule has 1 heterocycles. The van der Waals surface area contributed by atoms with Gasteiger partial charge in [-0.2, -0.15) is 5.10 Å². The van der Waals surface area contributed by atoms with Gasteiger partial charge in [0.1, 0.15) is 18.7 Å². The van der Waals surface area contributed by atoms with Crippen LogP contribution >= 0.6 is 0 Å². The Morgan fingerprint density at radius 3 is 2.52 bits per heavy atom. The van der Waals surface area contributed by atoms with E-state index < -0.39 is 17.9 Å². The first-order valence-corrected chi connectivity index (χ1v) is 6.41. The van der Waals surface area contributed by atoms with Gasteiger partial charge in [-0.1, -0.05) is 18.2 Å². The number of aryl methyl sites for hydroxylation is 2. The number of hydrogen-bond donors (Lipinski definition) is 2. The normalized spacial score (nSPS) is 11.9. The number of amides is 1. The fraction of sp³-hybridized carbons (Fsp3) is 0.286. The molecular weight excluding hydrogens is 272 g/mol. The lowest BCUT2D eigenvalue weighted by molar-refractivity contribution is -0.139. The van der Waals surface area contributed by atoms with Gasteiger partial charge >= 0.3 is 5.97 Å². The van der Waals surface area contributed by atoms with Crippen molar-refractivity contribution in [1.82, 2.24) is 20.1 Å². The summed E-state index contributed by atoms with van der Waals surface area (Å²) in [5, 5.41) is 15.6. The third-order valence-electron chi connectivity index (χ3n) is 3.15. The molecule has 2 aromatic rings. The number of rotatable bonds is 5. The summed E-state index contributed by atoms with van der Waals surface area (Å²) in [6, 6.07) is 4.41. The van der Waals surface area contributed by atoms with E-state index in [4.69, 9.17) is 0 Å². The molecule has 0 radical (unpaired) electrons. The molecular formula is C14H16N4O3. The van der Waals surface area contributed by atoms with Crippen LogP contribution in [0.4, 0.5) is 0 Å². The molecule has 1 aromatic heterocycles. The van der Waals surface area contributed by atoms with Crippen LogP contribution in [0.15, 0.2) is 30.9 Å². The van der Waals surface area contributed by atoms with Gasteiger partial charge in [-0.15, -0.1) is 0 Å². The standard InChI is InChI=1S/C14H16N4O3/c1-9-4-3-5-10(2)12(9)13(19)17-11(14(20)21)6-18-8-15-7-16-18/h3-5,7-8,11H,6H2,1-2H3,(H,17,19)(H,20,21). The second-order valence-electron chi connectivity index (χ2n) is 4.75. The first kappa shape index (κ1) is 14.7. The Labute approximate surface area is 121 Å². The summed E-state index contributed by atoms with van der Waals surface area (Å²) < 4.78 is 1.36. The van der Waals surface area contributed by atoms with Crippen LogP contribution in [0.2, 0.25) is 0 Å². The Morgan fingerprint density at radius 2 is 2.00 bits per heavy atom. The molecule has 0 saturated carbocycles. The molecule has 110 valence electrons. The molecule has 21 heavy (non-hydrogen) atoms. The second kappa shape index (κ2) is 6.17. The lowest BCUT2D eigenvalue weighted by Gasteiger charge is -2.16. The maximum atomic E-state index is 12.3. The van der Waals surface area contributed by atoms with Crippen molar-refractivity contribution in [3.8, 4) is 0 Å². The highest BCUT2D eigenvalue weighted by molar-refractivity contribution is 5.99. The van der Waals surface area contributed by atoms with Crippen molar-refractivity contribution in [2.75, 3.05) is 0 Å². The first-order valence-electron chi connectivity index (χ1n) is 6.41. The maximum Gasteiger partial charge on any atom is 0.328 e. The predicted octanol–water partition coefficient (Wildman–Crippen LogP) is 0.778. The van der Waals surface area contributed by atoms with Crippen LogP contribution in [-0.4, -0.2) is 37.8 Å². The lowest BCUT2D eigenvalue weighted by atomic mass is 10.0. The average Bonchev–Trinajstić information content (AvgIpc) is 2.90. The van der Waals surface area contributed by atoms with Gasteiger partial charge in [0.05, 0.1) is 6.54 Å². The summed E-state index contributed by atoms with van der Waals surface area (Å²) in [5.41, 5.74) is 2.11. The molecule has 0 fully saturated rings. The van der Waals surface area contributed by atoms with E-state index in [0.29, 0.717) is 5.56 Å². The van der Waals surface area contributed by atoms with Crippen molar-refractivity contribution in [1.29, 1.82) is 0 Å². The summed E-state index contributed by atoms with van der Waals surface area (Å²) in [7, 11) is 0. The number of carboxylic acids is 1. The Balaban J connectivity index is 2.17. The Morgan fingerprint density at radius 1 is 1.33 bits per heavy atom.